The third-order valence-corrected chi connectivity index (χ3v) is 7.48. The van der Waals surface area contributed by atoms with Crippen LogP contribution in [0.15, 0.2) is 79.6 Å². The quantitative estimate of drug-likeness (QED) is 0.236. The van der Waals surface area contributed by atoms with Crippen molar-refractivity contribution in [1.82, 2.24) is 25.1 Å². The van der Waals surface area contributed by atoms with Gasteiger partial charge in [-0.3, -0.25) is 14.4 Å². The second-order valence-electron chi connectivity index (χ2n) is 9.89. The Morgan fingerprint density at radius 2 is 1.90 bits per heavy atom. The minimum atomic E-state index is -1.09. The molecule has 2 aliphatic heterocycles. The summed E-state index contributed by atoms with van der Waals surface area (Å²) in [6.07, 6.45) is 5.70. The summed E-state index contributed by atoms with van der Waals surface area (Å²) in [5.74, 6) is 0.511. The zero-order valence-corrected chi connectivity index (χ0v) is 23.0. The first kappa shape index (κ1) is 26.8. The molecule has 4 N–H and O–H groups in total. The van der Waals surface area contributed by atoms with Gasteiger partial charge in [0.2, 0.25) is 18.2 Å². The molecule has 0 radical (unpaired) electrons. The van der Waals surface area contributed by atoms with Gasteiger partial charge >= 0.3 is 0 Å². The molecule has 11 nitrogen and oxygen atoms in total. The molecule has 2 aliphatic rings. The number of nitrogens with zero attached hydrogens (tertiary/aromatic N) is 6. The molecule has 4 aromatic rings. The van der Waals surface area contributed by atoms with Gasteiger partial charge in [0.15, 0.2) is 5.15 Å². The first-order valence-electron chi connectivity index (χ1n) is 13.4. The molecule has 1 saturated heterocycles. The monoisotopic (exact) mass is 571 g/mol. The largest absolute Gasteiger partial charge is 0.356 e. The number of aliphatic hydroxyl groups excluding tert-OH is 1. The van der Waals surface area contributed by atoms with E-state index in [9.17, 15) is 9.90 Å². The fourth-order valence-electron chi connectivity index (χ4n) is 5.15. The van der Waals surface area contributed by atoms with Crippen molar-refractivity contribution in [3.05, 3.63) is 90.4 Å². The SMILES string of the molecule is C=CC(=O)Nc1cccc(N2c3nc(Nc4cn(C5CCNCC5)nc4Cl)ncc3CN(c3ccccc3)C2O)c1. The van der Waals surface area contributed by atoms with Crippen molar-refractivity contribution in [3.8, 4) is 0 Å². The lowest BCUT2D eigenvalue weighted by Gasteiger charge is -2.43. The molecular weight excluding hydrogens is 542 g/mol. The Hall–Kier alpha value is -4.45. The van der Waals surface area contributed by atoms with E-state index < -0.39 is 6.35 Å². The maximum atomic E-state index is 12.0. The van der Waals surface area contributed by atoms with Crippen LogP contribution < -0.4 is 25.8 Å². The Kier molecular flexibility index (Phi) is 7.55. The minimum Gasteiger partial charge on any atom is -0.356 e. The molecule has 0 saturated carbocycles. The van der Waals surface area contributed by atoms with Crippen LogP contribution in [0.3, 0.4) is 0 Å². The Bertz CT molecular complexity index is 1560. The number of halogens is 1. The van der Waals surface area contributed by atoms with Crippen LogP contribution in [-0.2, 0) is 11.3 Å². The van der Waals surface area contributed by atoms with Gasteiger partial charge in [-0.1, -0.05) is 42.4 Å². The second kappa shape index (κ2) is 11.6. The lowest BCUT2D eigenvalue weighted by Crippen LogP contribution is -2.50. The number of aromatic nitrogens is 4. The zero-order chi connectivity index (χ0) is 28.3. The van der Waals surface area contributed by atoms with Gasteiger partial charge < -0.3 is 26.0 Å². The summed E-state index contributed by atoms with van der Waals surface area (Å²) < 4.78 is 1.90. The number of piperidine rings is 1. The molecule has 4 heterocycles. The molecule has 0 spiro atoms. The number of aliphatic hydroxyl groups is 1. The van der Waals surface area contributed by atoms with Gasteiger partial charge in [0.1, 0.15) is 5.82 Å². The van der Waals surface area contributed by atoms with E-state index in [1.54, 1.807) is 29.3 Å². The standard InChI is InChI=1S/C29H30ClN9O2/c1-2-25(40)33-20-7-6-10-23(15-20)39-27-19(17-37(29(39)41)21-8-4-3-5-9-21)16-32-28(35-27)34-24-18-38(36-26(24)30)22-11-13-31-14-12-22/h2-10,15-16,18,22,29,31,41H,1,11-14,17H2,(H,33,40)(H,32,34,35). The molecule has 0 aliphatic carbocycles. The predicted molar refractivity (Wildman–Crippen MR) is 160 cm³/mol. The Morgan fingerprint density at radius 1 is 1.12 bits per heavy atom. The number of carbonyl (C=O) groups excluding carboxylic acids is 1. The molecule has 1 atom stereocenters. The zero-order valence-electron chi connectivity index (χ0n) is 22.2. The third kappa shape index (κ3) is 5.60. The average Bonchev–Trinajstić information content (AvgIpc) is 3.37. The van der Waals surface area contributed by atoms with Crippen molar-refractivity contribution in [2.45, 2.75) is 31.8 Å². The van der Waals surface area contributed by atoms with Crippen LogP contribution in [0.2, 0.25) is 5.15 Å². The number of hydrogen-bond acceptors (Lipinski definition) is 9. The molecule has 1 unspecified atom stereocenters. The highest BCUT2D eigenvalue weighted by Gasteiger charge is 2.34. The predicted octanol–water partition coefficient (Wildman–Crippen LogP) is 4.55. The fourth-order valence-corrected chi connectivity index (χ4v) is 5.33. The van der Waals surface area contributed by atoms with Crippen molar-refractivity contribution < 1.29 is 9.90 Å². The normalized spacial score (nSPS) is 17.2. The van der Waals surface area contributed by atoms with Gasteiger partial charge in [0.05, 0.1) is 24.5 Å². The number of rotatable bonds is 7. The van der Waals surface area contributed by atoms with Crippen LogP contribution in [0.25, 0.3) is 0 Å². The van der Waals surface area contributed by atoms with Crippen molar-refractivity contribution in [2.75, 3.05) is 33.5 Å². The number of carbonyl (C=O) groups is 1. The van der Waals surface area contributed by atoms with Crippen molar-refractivity contribution in [1.29, 1.82) is 0 Å². The van der Waals surface area contributed by atoms with Gasteiger partial charge in [-0.15, -0.1) is 0 Å². The number of amides is 1. The van der Waals surface area contributed by atoms with E-state index in [0.29, 0.717) is 40.5 Å². The fraction of sp³-hybridized carbons (Fsp3) is 0.241. The van der Waals surface area contributed by atoms with E-state index in [0.717, 1.165) is 37.2 Å². The highest BCUT2D eigenvalue weighted by Crippen LogP contribution is 2.38. The second-order valence-corrected chi connectivity index (χ2v) is 10.2. The molecule has 41 heavy (non-hydrogen) atoms. The number of fused-ring (bicyclic) bond motifs is 1. The molecule has 2 aromatic carbocycles. The van der Waals surface area contributed by atoms with Crippen LogP contribution in [0.4, 0.5) is 34.5 Å². The van der Waals surface area contributed by atoms with Gasteiger partial charge in [-0.25, -0.2) is 4.98 Å². The molecule has 0 bridgehead atoms. The number of hydrogen-bond donors (Lipinski definition) is 4. The van der Waals surface area contributed by atoms with Crippen LogP contribution in [0.5, 0.6) is 0 Å². The van der Waals surface area contributed by atoms with E-state index in [1.807, 2.05) is 52.2 Å². The van der Waals surface area contributed by atoms with E-state index in [4.69, 9.17) is 16.6 Å². The molecule has 1 fully saturated rings. The summed E-state index contributed by atoms with van der Waals surface area (Å²) >= 11 is 6.50. The van der Waals surface area contributed by atoms with E-state index >= 15 is 0 Å². The first-order valence-corrected chi connectivity index (χ1v) is 13.8. The molecule has 2 aromatic heterocycles. The van der Waals surface area contributed by atoms with Gasteiger partial charge in [-0.2, -0.15) is 10.1 Å². The van der Waals surface area contributed by atoms with Crippen LogP contribution in [0, 0.1) is 0 Å². The molecule has 210 valence electrons. The Labute approximate surface area is 242 Å². The summed E-state index contributed by atoms with van der Waals surface area (Å²) in [7, 11) is 0. The summed E-state index contributed by atoms with van der Waals surface area (Å²) in [6, 6.07) is 17.1. The first-order chi connectivity index (χ1) is 20.0. The Balaban J connectivity index is 1.36. The van der Waals surface area contributed by atoms with Crippen LogP contribution in [-0.4, -0.2) is 50.2 Å². The molecule has 1 amide bonds. The lowest BCUT2D eigenvalue weighted by molar-refractivity contribution is -0.111. The van der Waals surface area contributed by atoms with Crippen molar-refractivity contribution in [2.24, 2.45) is 0 Å². The number of benzene rings is 2. The van der Waals surface area contributed by atoms with Gasteiger partial charge in [0, 0.05) is 28.8 Å². The average molecular weight is 572 g/mol. The maximum Gasteiger partial charge on any atom is 0.247 e. The van der Waals surface area contributed by atoms with Crippen LogP contribution >= 0.6 is 11.6 Å². The topological polar surface area (TPSA) is 123 Å². The lowest BCUT2D eigenvalue weighted by atomic mass is 10.1. The van der Waals surface area contributed by atoms with Gasteiger partial charge in [0.25, 0.3) is 0 Å². The number of nitrogens with one attached hydrogen (secondary N) is 3. The van der Waals surface area contributed by atoms with E-state index in [1.165, 1.54) is 6.08 Å². The highest BCUT2D eigenvalue weighted by atomic mass is 35.5. The van der Waals surface area contributed by atoms with Crippen LogP contribution in [0.1, 0.15) is 24.4 Å². The van der Waals surface area contributed by atoms with Gasteiger partial charge in [-0.05, 0) is 62.3 Å². The molecule has 12 heteroatoms. The van der Waals surface area contributed by atoms with Crippen molar-refractivity contribution in [3.63, 3.8) is 0 Å². The van der Waals surface area contributed by atoms with E-state index in [-0.39, 0.29) is 11.9 Å². The summed E-state index contributed by atoms with van der Waals surface area (Å²) in [5, 5.41) is 25.9. The highest BCUT2D eigenvalue weighted by molar-refractivity contribution is 6.32. The number of para-hydroxylation sites is 1. The third-order valence-electron chi connectivity index (χ3n) is 7.20. The summed E-state index contributed by atoms with van der Waals surface area (Å²) in [6.45, 7) is 5.79. The maximum absolute atomic E-state index is 12.0. The summed E-state index contributed by atoms with van der Waals surface area (Å²) in [5.41, 5.74) is 3.44. The molecular formula is C29H30ClN9O2. The van der Waals surface area contributed by atoms with E-state index in [2.05, 4.69) is 32.6 Å². The minimum absolute atomic E-state index is 0.275. The smallest absolute Gasteiger partial charge is 0.247 e. The molecule has 6 rings (SSSR count). The van der Waals surface area contributed by atoms with Crippen molar-refractivity contribution >= 4 is 52.0 Å². The Morgan fingerprint density at radius 3 is 2.68 bits per heavy atom. The summed E-state index contributed by atoms with van der Waals surface area (Å²) in [4.78, 5) is 24.9. The number of anilines is 6.